The number of hydroxylamine groups is 2. The summed E-state index contributed by atoms with van der Waals surface area (Å²) in [5, 5.41) is 5.40. The molecule has 3 aromatic rings. The number of hydrogen-bond donors (Lipinski definition) is 1. The summed E-state index contributed by atoms with van der Waals surface area (Å²) in [6, 6.07) is 14.0. The number of pyridine rings is 1. The molecule has 1 N–H and O–H groups in total. The van der Waals surface area contributed by atoms with E-state index >= 15 is 0 Å². The minimum Gasteiger partial charge on any atom is -0.350 e. The lowest BCUT2D eigenvalue weighted by Gasteiger charge is -2.26. The highest BCUT2D eigenvalue weighted by Gasteiger charge is 2.16. The molecule has 0 saturated heterocycles. The maximum absolute atomic E-state index is 12.4. The number of carbonyl (C=O) groups excluding carboxylic acids is 2. The molecule has 0 atom stereocenters. The van der Waals surface area contributed by atoms with Crippen LogP contribution in [0.3, 0.4) is 0 Å². The molecule has 3 rings (SSSR count). The van der Waals surface area contributed by atoms with Gasteiger partial charge in [0, 0.05) is 24.0 Å². The maximum atomic E-state index is 12.4. The summed E-state index contributed by atoms with van der Waals surface area (Å²) in [4.78, 5) is 36.7. The Labute approximate surface area is 205 Å². The monoisotopic (exact) mass is 482 g/mol. The Balaban J connectivity index is 1.34. The Bertz CT molecular complexity index is 1040. The van der Waals surface area contributed by atoms with E-state index in [0.29, 0.717) is 19.5 Å². The number of rotatable bonds is 12. The first-order valence-electron chi connectivity index (χ1n) is 11.5. The van der Waals surface area contributed by atoms with Crippen LogP contribution in [0, 0.1) is 0 Å². The van der Waals surface area contributed by atoms with Crippen LogP contribution in [-0.4, -0.2) is 59.5 Å². The lowest BCUT2D eigenvalue weighted by Crippen LogP contribution is -2.33. The number of benzene rings is 1. The van der Waals surface area contributed by atoms with E-state index in [1.54, 1.807) is 0 Å². The summed E-state index contributed by atoms with van der Waals surface area (Å²) in [5.41, 5.74) is 1.50. The second-order valence-electron chi connectivity index (χ2n) is 9.35. The van der Waals surface area contributed by atoms with E-state index in [2.05, 4.69) is 22.2 Å². The molecule has 2 aromatic heterocycles. The first kappa shape index (κ1) is 25.8. The van der Waals surface area contributed by atoms with Crippen molar-refractivity contribution < 1.29 is 14.4 Å². The van der Waals surface area contributed by atoms with Gasteiger partial charge in [0.15, 0.2) is 0 Å². The Morgan fingerprint density at radius 2 is 1.97 bits per heavy atom. The van der Waals surface area contributed by atoms with Crippen LogP contribution in [0.15, 0.2) is 48.7 Å². The lowest BCUT2D eigenvalue weighted by molar-refractivity contribution is -0.220. The SMILES string of the molecule is CN(CCCc1ccc(CN(C=O)OC(C)(C)C)nc1)CCNC(=O)c1cc2ccccc2s1. The minimum atomic E-state index is -0.436. The Kier molecular flexibility index (Phi) is 9.15. The summed E-state index contributed by atoms with van der Waals surface area (Å²) in [6.45, 7) is 8.35. The molecule has 0 bridgehead atoms. The van der Waals surface area contributed by atoms with Crippen LogP contribution in [0.4, 0.5) is 0 Å². The molecular weight excluding hydrogens is 448 g/mol. The summed E-state index contributed by atoms with van der Waals surface area (Å²) in [6.07, 6.45) is 4.46. The minimum absolute atomic E-state index is 0.0122. The average Bonchev–Trinajstić information content (AvgIpc) is 3.23. The van der Waals surface area contributed by atoms with Crippen LogP contribution in [-0.2, 0) is 22.6 Å². The quantitative estimate of drug-likeness (QED) is 0.308. The summed E-state index contributed by atoms with van der Waals surface area (Å²) in [7, 11) is 2.07. The van der Waals surface area contributed by atoms with Gasteiger partial charge in [0.1, 0.15) is 0 Å². The standard InChI is InChI=1S/C26H34N4O3S/c1-26(2,3)33-30(19-31)18-22-12-11-20(17-28-22)8-7-14-29(4)15-13-27-25(32)24-16-21-9-5-6-10-23(21)34-24/h5-6,9-12,16-17,19H,7-8,13-15,18H2,1-4H3,(H,27,32). The van der Waals surface area contributed by atoms with Crippen LogP contribution in [0.2, 0.25) is 0 Å². The zero-order chi connectivity index (χ0) is 24.6. The van der Waals surface area contributed by atoms with Crippen molar-refractivity contribution >= 4 is 33.7 Å². The molecule has 2 amide bonds. The molecule has 0 unspecified atom stereocenters. The van der Waals surface area contributed by atoms with E-state index in [1.165, 1.54) is 16.4 Å². The van der Waals surface area contributed by atoms with Gasteiger partial charge >= 0.3 is 0 Å². The molecule has 2 heterocycles. The third-order valence-electron chi connectivity index (χ3n) is 5.15. The van der Waals surface area contributed by atoms with Crippen LogP contribution in [0.25, 0.3) is 10.1 Å². The van der Waals surface area contributed by atoms with Crippen molar-refractivity contribution in [2.24, 2.45) is 0 Å². The highest BCUT2D eigenvalue weighted by atomic mass is 32.1. The third-order valence-corrected chi connectivity index (χ3v) is 6.26. The molecule has 0 aliphatic heterocycles. The molecule has 1 aromatic carbocycles. The molecule has 0 spiro atoms. The lowest BCUT2D eigenvalue weighted by atomic mass is 10.1. The van der Waals surface area contributed by atoms with Crippen LogP contribution >= 0.6 is 11.3 Å². The number of hydrogen-bond acceptors (Lipinski definition) is 6. The molecule has 0 saturated carbocycles. The topological polar surface area (TPSA) is 74.8 Å². The first-order valence-corrected chi connectivity index (χ1v) is 12.4. The fourth-order valence-corrected chi connectivity index (χ4v) is 4.48. The number of thiophene rings is 1. The predicted molar refractivity (Wildman–Crippen MR) is 137 cm³/mol. The second-order valence-corrected chi connectivity index (χ2v) is 10.4. The van der Waals surface area contributed by atoms with Gasteiger partial charge in [-0.15, -0.1) is 11.3 Å². The Morgan fingerprint density at radius 3 is 2.65 bits per heavy atom. The molecular formula is C26H34N4O3S. The van der Waals surface area contributed by atoms with Crippen LogP contribution < -0.4 is 5.32 Å². The number of fused-ring (bicyclic) bond motifs is 1. The van der Waals surface area contributed by atoms with Gasteiger partial charge in [-0.2, -0.15) is 0 Å². The zero-order valence-corrected chi connectivity index (χ0v) is 21.2. The fourth-order valence-electron chi connectivity index (χ4n) is 3.51. The number of nitrogens with one attached hydrogen (secondary N) is 1. The number of amides is 2. The van der Waals surface area contributed by atoms with Crippen molar-refractivity contribution in [3.8, 4) is 0 Å². The molecule has 0 radical (unpaired) electrons. The summed E-state index contributed by atoms with van der Waals surface area (Å²) >= 11 is 1.52. The highest BCUT2D eigenvalue weighted by molar-refractivity contribution is 7.20. The van der Waals surface area contributed by atoms with Gasteiger partial charge in [0.25, 0.3) is 5.91 Å². The second kappa shape index (κ2) is 12.1. The van der Waals surface area contributed by atoms with Crippen molar-refractivity contribution in [1.29, 1.82) is 0 Å². The molecule has 0 aliphatic carbocycles. The summed E-state index contributed by atoms with van der Waals surface area (Å²) in [5.74, 6) is -0.0122. The molecule has 0 aliphatic rings. The number of likely N-dealkylation sites (N-methyl/N-ethyl adjacent to an activating group) is 1. The van der Waals surface area contributed by atoms with Gasteiger partial charge in [-0.1, -0.05) is 24.3 Å². The maximum Gasteiger partial charge on any atom is 0.261 e. The normalized spacial score (nSPS) is 11.7. The number of aromatic nitrogens is 1. The predicted octanol–water partition coefficient (Wildman–Crippen LogP) is 4.28. The molecule has 34 heavy (non-hydrogen) atoms. The summed E-state index contributed by atoms with van der Waals surface area (Å²) < 4.78 is 1.13. The molecule has 0 fully saturated rings. The van der Waals surface area contributed by atoms with E-state index in [-0.39, 0.29) is 5.91 Å². The van der Waals surface area contributed by atoms with Gasteiger partial charge in [0.05, 0.1) is 22.7 Å². The number of aryl methyl sites for hydroxylation is 1. The van der Waals surface area contributed by atoms with Crippen molar-refractivity contribution in [1.82, 2.24) is 20.3 Å². The fraction of sp³-hybridized carbons (Fsp3) is 0.423. The van der Waals surface area contributed by atoms with Crippen molar-refractivity contribution in [2.45, 2.75) is 45.8 Å². The largest absolute Gasteiger partial charge is 0.350 e. The average molecular weight is 483 g/mol. The Hall–Kier alpha value is -2.81. The van der Waals surface area contributed by atoms with Gasteiger partial charge in [-0.25, -0.2) is 5.06 Å². The number of carbonyl (C=O) groups is 2. The van der Waals surface area contributed by atoms with E-state index in [0.717, 1.165) is 52.2 Å². The van der Waals surface area contributed by atoms with Crippen molar-refractivity contribution in [2.75, 3.05) is 26.7 Å². The van der Waals surface area contributed by atoms with E-state index in [1.807, 2.05) is 69.4 Å². The highest BCUT2D eigenvalue weighted by Crippen LogP contribution is 2.25. The van der Waals surface area contributed by atoms with Crippen LogP contribution in [0.1, 0.15) is 48.1 Å². The number of nitrogens with zero attached hydrogens (tertiary/aromatic N) is 3. The zero-order valence-electron chi connectivity index (χ0n) is 20.4. The van der Waals surface area contributed by atoms with Gasteiger partial charge in [-0.3, -0.25) is 19.4 Å². The van der Waals surface area contributed by atoms with E-state index in [4.69, 9.17) is 4.84 Å². The smallest absolute Gasteiger partial charge is 0.261 e. The van der Waals surface area contributed by atoms with Gasteiger partial charge in [0.2, 0.25) is 6.41 Å². The molecule has 182 valence electrons. The first-order chi connectivity index (χ1) is 16.2. The van der Waals surface area contributed by atoms with E-state index < -0.39 is 5.60 Å². The van der Waals surface area contributed by atoms with Crippen molar-refractivity contribution in [3.05, 3.63) is 64.8 Å². The molecule has 7 nitrogen and oxygen atoms in total. The third kappa shape index (κ3) is 8.20. The van der Waals surface area contributed by atoms with Gasteiger partial charge < -0.3 is 10.2 Å². The van der Waals surface area contributed by atoms with Crippen molar-refractivity contribution in [3.63, 3.8) is 0 Å². The Morgan fingerprint density at radius 1 is 1.18 bits per heavy atom. The van der Waals surface area contributed by atoms with E-state index in [9.17, 15) is 9.59 Å². The molecule has 8 heteroatoms. The van der Waals surface area contributed by atoms with Crippen LogP contribution in [0.5, 0.6) is 0 Å². The van der Waals surface area contributed by atoms with Gasteiger partial charge in [-0.05, 0) is 76.4 Å².